The monoisotopic (exact) mass is 184 g/mol. The van der Waals surface area contributed by atoms with Gasteiger partial charge in [0, 0.05) is 24.1 Å². The highest BCUT2D eigenvalue weighted by atomic mass is 14.5. The molecule has 14 heavy (non-hydrogen) atoms. The molecule has 0 radical (unpaired) electrons. The van der Waals surface area contributed by atoms with Gasteiger partial charge < -0.3 is 5.73 Å². The number of anilines is 1. The molecule has 1 rings (SSSR count). The van der Waals surface area contributed by atoms with Gasteiger partial charge in [0.05, 0.1) is 6.07 Å². The number of hydrogen-bond acceptors (Lipinski definition) is 2. The molecule has 0 atom stereocenters. The second-order valence-electron chi connectivity index (χ2n) is 2.90. The fourth-order valence-corrected chi connectivity index (χ4v) is 1.02. The lowest BCUT2D eigenvalue weighted by Gasteiger charge is -1.94. The van der Waals surface area contributed by atoms with E-state index in [4.69, 9.17) is 11.0 Å². The quantitative estimate of drug-likeness (QED) is 0.435. The van der Waals surface area contributed by atoms with Crippen LogP contribution in [0, 0.1) is 23.2 Å². The fourth-order valence-electron chi connectivity index (χ4n) is 1.02. The van der Waals surface area contributed by atoms with Crippen LogP contribution in [0.4, 0.5) is 5.69 Å². The number of unbranched alkanes of at least 4 members (excludes halogenated alkanes) is 2. The summed E-state index contributed by atoms with van der Waals surface area (Å²) in [5.41, 5.74) is 7.28. The molecular formula is C12H12N2. The largest absolute Gasteiger partial charge is 0.398 e. The molecule has 0 aliphatic rings. The highest BCUT2D eigenvalue weighted by molar-refractivity contribution is 5.55. The zero-order valence-corrected chi connectivity index (χ0v) is 7.96. The van der Waals surface area contributed by atoms with Gasteiger partial charge in [-0.25, -0.2) is 0 Å². The van der Waals surface area contributed by atoms with Crippen molar-refractivity contribution < 1.29 is 0 Å². The SMILES string of the molecule is N#CCCCC#Cc1ccccc1N. The van der Waals surface area contributed by atoms with Crippen LogP contribution in [0.25, 0.3) is 0 Å². The van der Waals surface area contributed by atoms with Gasteiger partial charge in [0.25, 0.3) is 0 Å². The molecule has 0 bridgehead atoms. The Hall–Kier alpha value is -1.93. The van der Waals surface area contributed by atoms with Crippen molar-refractivity contribution in [1.29, 1.82) is 5.26 Å². The average Bonchev–Trinajstić information content (AvgIpc) is 2.20. The number of nitrogen functional groups attached to an aromatic ring is 1. The first-order valence-electron chi connectivity index (χ1n) is 4.55. The van der Waals surface area contributed by atoms with E-state index in [1.165, 1.54) is 0 Å². The van der Waals surface area contributed by atoms with E-state index < -0.39 is 0 Å². The van der Waals surface area contributed by atoms with Gasteiger partial charge in [-0.05, 0) is 18.6 Å². The number of nitrogens with zero attached hydrogens (tertiary/aromatic N) is 1. The van der Waals surface area contributed by atoms with Crippen LogP contribution < -0.4 is 5.73 Å². The lowest BCUT2D eigenvalue weighted by Crippen LogP contribution is -1.88. The van der Waals surface area contributed by atoms with Crippen molar-refractivity contribution in [2.24, 2.45) is 0 Å². The molecule has 0 unspecified atom stereocenters. The van der Waals surface area contributed by atoms with Gasteiger partial charge in [-0.3, -0.25) is 0 Å². The van der Waals surface area contributed by atoms with Crippen molar-refractivity contribution in [1.82, 2.24) is 0 Å². The molecule has 2 N–H and O–H groups in total. The Morgan fingerprint density at radius 1 is 1.21 bits per heavy atom. The molecule has 0 aliphatic carbocycles. The topological polar surface area (TPSA) is 49.8 Å². The van der Waals surface area contributed by atoms with Gasteiger partial charge in [0.1, 0.15) is 0 Å². The molecule has 1 aromatic carbocycles. The standard InChI is InChI=1S/C12H12N2/c13-10-6-2-1-3-7-11-8-4-5-9-12(11)14/h4-5,8-9H,1-2,6,14H2. The minimum Gasteiger partial charge on any atom is -0.398 e. The molecule has 0 fully saturated rings. The predicted molar refractivity (Wildman–Crippen MR) is 57.2 cm³/mol. The summed E-state index contributed by atoms with van der Waals surface area (Å²) < 4.78 is 0. The van der Waals surface area contributed by atoms with Crippen LogP contribution >= 0.6 is 0 Å². The first-order valence-corrected chi connectivity index (χ1v) is 4.55. The zero-order chi connectivity index (χ0) is 10.2. The van der Waals surface area contributed by atoms with Gasteiger partial charge in [0.2, 0.25) is 0 Å². The Bertz CT molecular complexity index is 391. The smallest absolute Gasteiger partial charge is 0.0622 e. The Morgan fingerprint density at radius 3 is 2.71 bits per heavy atom. The van der Waals surface area contributed by atoms with Crippen LogP contribution in [0.3, 0.4) is 0 Å². The summed E-state index contributed by atoms with van der Waals surface area (Å²) >= 11 is 0. The average molecular weight is 184 g/mol. The second-order valence-corrected chi connectivity index (χ2v) is 2.90. The molecule has 0 saturated carbocycles. The number of nitrogens with two attached hydrogens (primary N) is 1. The molecule has 0 spiro atoms. The van der Waals surface area contributed by atoms with Crippen LogP contribution in [-0.2, 0) is 0 Å². The third-order valence-corrected chi connectivity index (χ3v) is 1.77. The molecule has 2 heteroatoms. The number of para-hydroxylation sites is 1. The van der Waals surface area contributed by atoms with Gasteiger partial charge in [-0.15, -0.1) is 0 Å². The molecule has 0 aromatic heterocycles. The van der Waals surface area contributed by atoms with Crippen molar-refractivity contribution >= 4 is 5.69 Å². The zero-order valence-electron chi connectivity index (χ0n) is 7.96. The van der Waals surface area contributed by atoms with E-state index >= 15 is 0 Å². The van der Waals surface area contributed by atoms with Gasteiger partial charge in [0.15, 0.2) is 0 Å². The first kappa shape index (κ1) is 10.2. The summed E-state index contributed by atoms with van der Waals surface area (Å²) in [5.74, 6) is 5.98. The van der Waals surface area contributed by atoms with Crippen LogP contribution in [-0.4, -0.2) is 0 Å². The maximum Gasteiger partial charge on any atom is 0.0622 e. The molecule has 0 aliphatic heterocycles. The Kier molecular flexibility index (Phi) is 4.11. The van der Waals surface area contributed by atoms with Crippen molar-refractivity contribution in [3.63, 3.8) is 0 Å². The summed E-state index contributed by atoms with van der Waals surface area (Å²) in [5, 5.41) is 8.31. The molecule has 70 valence electrons. The van der Waals surface area contributed by atoms with E-state index in [-0.39, 0.29) is 0 Å². The van der Waals surface area contributed by atoms with E-state index in [1.807, 2.05) is 24.3 Å². The molecule has 0 heterocycles. The van der Waals surface area contributed by atoms with E-state index in [9.17, 15) is 0 Å². The van der Waals surface area contributed by atoms with Crippen molar-refractivity contribution in [2.45, 2.75) is 19.3 Å². The molecule has 0 saturated heterocycles. The number of rotatable bonds is 2. The van der Waals surface area contributed by atoms with E-state index in [0.29, 0.717) is 12.1 Å². The number of hydrogen-bond donors (Lipinski definition) is 1. The van der Waals surface area contributed by atoms with Gasteiger partial charge in [-0.1, -0.05) is 24.0 Å². The van der Waals surface area contributed by atoms with E-state index in [0.717, 1.165) is 18.4 Å². The van der Waals surface area contributed by atoms with Gasteiger partial charge >= 0.3 is 0 Å². The lowest BCUT2D eigenvalue weighted by atomic mass is 10.2. The van der Waals surface area contributed by atoms with Crippen molar-refractivity contribution in [3.05, 3.63) is 29.8 Å². The normalized spacial score (nSPS) is 8.50. The van der Waals surface area contributed by atoms with Crippen molar-refractivity contribution in [3.8, 4) is 17.9 Å². The van der Waals surface area contributed by atoms with Gasteiger partial charge in [-0.2, -0.15) is 5.26 Å². The van der Waals surface area contributed by atoms with Crippen molar-refractivity contribution in [2.75, 3.05) is 5.73 Å². The summed E-state index contributed by atoms with van der Waals surface area (Å²) in [6, 6.07) is 9.61. The molecule has 0 amide bonds. The highest BCUT2D eigenvalue weighted by Crippen LogP contribution is 2.08. The molecule has 2 nitrogen and oxygen atoms in total. The fraction of sp³-hybridized carbons (Fsp3) is 0.250. The van der Waals surface area contributed by atoms with E-state index in [2.05, 4.69) is 17.9 Å². The Balaban J connectivity index is 2.52. The Labute approximate surface area is 84.4 Å². The lowest BCUT2D eigenvalue weighted by molar-refractivity contribution is 0.894. The number of benzene rings is 1. The summed E-state index contributed by atoms with van der Waals surface area (Å²) in [7, 11) is 0. The van der Waals surface area contributed by atoms with E-state index in [1.54, 1.807) is 0 Å². The predicted octanol–water partition coefficient (Wildman–Crippen LogP) is 2.31. The maximum atomic E-state index is 8.31. The number of nitriles is 1. The summed E-state index contributed by atoms with van der Waals surface area (Å²) in [6.45, 7) is 0. The third kappa shape index (κ3) is 3.21. The summed E-state index contributed by atoms with van der Waals surface area (Å²) in [6.07, 6.45) is 2.15. The minimum absolute atomic E-state index is 0.568. The van der Waals surface area contributed by atoms with Crippen LogP contribution in [0.15, 0.2) is 24.3 Å². The highest BCUT2D eigenvalue weighted by Gasteiger charge is 1.90. The third-order valence-electron chi connectivity index (χ3n) is 1.77. The van der Waals surface area contributed by atoms with Crippen LogP contribution in [0.5, 0.6) is 0 Å². The summed E-state index contributed by atoms with van der Waals surface area (Å²) in [4.78, 5) is 0. The maximum absolute atomic E-state index is 8.31. The van der Waals surface area contributed by atoms with Crippen LogP contribution in [0.1, 0.15) is 24.8 Å². The first-order chi connectivity index (χ1) is 6.84. The molecule has 1 aromatic rings. The van der Waals surface area contributed by atoms with Crippen LogP contribution in [0.2, 0.25) is 0 Å². The Morgan fingerprint density at radius 2 is 2.00 bits per heavy atom. The molecular weight excluding hydrogens is 172 g/mol. The second kappa shape index (κ2) is 5.67. The minimum atomic E-state index is 0.568.